The summed E-state index contributed by atoms with van der Waals surface area (Å²) in [6.45, 7) is 6.67. The van der Waals surface area contributed by atoms with Crippen molar-refractivity contribution in [2.45, 2.75) is 367 Å². The number of esters is 3. The molecule has 1 unspecified atom stereocenters. The van der Waals surface area contributed by atoms with Crippen LogP contribution < -0.4 is 0 Å². The largest absolute Gasteiger partial charge is 0.462 e. The molecule has 0 aliphatic rings. The Morgan fingerprint density at radius 3 is 0.737 bits per heavy atom. The van der Waals surface area contributed by atoms with Crippen molar-refractivity contribution in [1.29, 1.82) is 0 Å². The molecule has 444 valence electrons. The van der Waals surface area contributed by atoms with Gasteiger partial charge >= 0.3 is 17.9 Å². The molecule has 0 amide bonds. The van der Waals surface area contributed by atoms with Crippen molar-refractivity contribution >= 4 is 17.9 Å². The summed E-state index contributed by atoms with van der Waals surface area (Å²) in [6.07, 6.45) is 81.2. The van der Waals surface area contributed by atoms with Gasteiger partial charge in [-0.05, 0) is 103 Å². The lowest BCUT2D eigenvalue weighted by molar-refractivity contribution is -0.167. The van der Waals surface area contributed by atoms with E-state index in [4.69, 9.17) is 14.2 Å². The van der Waals surface area contributed by atoms with E-state index in [1.165, 1.54) is 250 Å². The Bertz CT molecular complexity index is 1310. The maximum absolute atomic E-state index is 12.9. The molecular weight excluding hydrogens is 937 g/mol. The zero-order valence-electron chi connectivity index (χ0n) is 51.0. The molecule has 0 aromatic carbocycles. The van der Waals surface area contributed by atoms with Gasteiger partial charge in [0.25, 0.3) is 0 Å². The summed E-state index contributed by atoms with van der Waals surface area (Å²) < 4.78 is 17.0. The summed E-state index contributed by atoms with van der Waals surface area (Å²) in [7, 11) is 0. The lowest BCUT2D eigenvalue weighted by atomic mass is 10.0. The average Bonchev–Trinajstić information content (AvgIpc) is 3.42. The van der Waals surface area contributed by atoms with E-state index in [-0.39, 0.29) is 31.1 Å². The normalized spacial score (nSPS) is 12.3. The molecule has 0 aliphatic carbocycles. The van der Waals surface area contributed by atoms with Crippen LogP contribution in [0.4, 0.5) is 0 Å². The van der Waals surface area contributed by atoms with Crippen molar-refractivity contribution in [3.05, 3.63) is 48.6 Å². The minimum absolute atomic E-state index is 0.0750. The molecule has 0 spiro atoms. The van der Waals surface area contributed by atoms with Crippen molar-refractivity contribution in [1.82, 2.24) is 0 Å². The first-order valence-electron chi connectivity index (χ1n) is 33.6. The number of ether oxygens (including phenoxy) is 3. The van der Waals surface area contributed by atoms with E-state index in [0.717, 1.165) is 70.6 Å². The molecular formula is C70H128O6. The molecule has 6 nitrogen and oxygen atoms in total. The van der Waals surface area contributed by atoms with E-state index in [0.29, 0.717) is 19.3 Å². The highest BCUT2D eigenvalue weighted by Gasteiger charge is 2.19. The molecule has 0 radical (unpaired) electrons. The summed E-state index contributed by atoms with van der Waals surface area (Å²) in [6, 6.07) is 0. The SMILES string of the molecule is CCCCCCC/C=C\C/C=C\CCCCCCCCCCCCCC(=O)OCC(COC(=O)CCCCCCC/C=C\CCCCCCC)OC(=O)CCCCCCCCCCC/C=C\CCCCCCCCCC. The highest BCUT2D eigenvalue weighted by molar-refractivity contribution is 5.71. The molecule has 0 aliphatic heterocycles. The van der Waals surface area contributed by atoms with Crippen LogP contribution in [0.3, 0.4) is 0 Å². The quantitative estimate of drug-likeness (QED) is 0.0261. The van der Waals surface area contributed by atoms with E-state index in [1.54, 1.807) is 0 Å². The number of hydrogen-bond donors (Lipinski definition) is 0. The van der Waals surface area contributed by atoms with Crippen LogP contribution in [0.5, 0.6) is 0 Å². The second-order valence-corrected chi connectivity index (χ2v) is 22.7. The van der Waals surface area contributed by atoms with Crippen molar-refractivity contribution in [2.75, 3.05) is 13.2 Å². The van der Waals surface area contributed by atoms with Crippen LogP contribution in [0.1, 0.15) is 361 Å². The van der Waals surface area contributed by atoms with Crippen LogP contribution in [0.25, 0.3) is 0 Å². The lowest BCUT2D eigenvalue weighted by Crippen LogP contribution is -2.30. The van der Waals surface area contributed by atoms with Gasteiger partial charge in [-0.15, -0.1) is 0 Å². The number of hydrogen-bond acceptors (Lipinski definition) is 6. The van der Waals surface area contributed by atoms with Gasteiger partial charge in [0.15, 0.2) is 6.10 Å². The van der Waals surface area contributed by atoms with Crippen LogP contribution in [-0.4, -0.2) is 37.2 Å². The molecule has 6 heteroatoms. The van der Waals surface area contributed by atoms with Crippen molar-refractivity contribution in [3.63, 3.8) is 0 Å². The third-order valence-corrected chi connectivity index (χ3v) is 15.0. The molecule has 0 saturated heterocycles. The molecule has 0 N–H and O–H groups in total. The van der Waals surface area contributed by atoms with E-state index in [1.807, 2.05) is 0 Å². The van der Waals surface area contributed by atoms with Crippen molar-refractivity contribution < 1.29 is 28.6 Å². The molecule has 76 heavy (non-hydrogen) atoms. The van der Waals surface area contributed by atoms with E-state index in [2.05, 4.69) is 69.4 Å². The summed E-state index contributed by atoms with van der Waals surface area (Å²) in [5.74, 6) is -0.866. The summed E-state index contributed by atoms with van der Waals surface area (Å²) in [5, 5.41) is 0. The Labute approximate surface area is 473 Å². The molecule has 0 aromatic rings. The fourth-order valence-electron chi connectivity index (χ4n) is 9.94. The van der Waals surface area contributed by atoms with E-state index >= 15 is 0 Å². The maximum atomic E-state index is 12.9. The Balaban J connectivity index is 4.31. The van der Waals surface area contributed by atoms with Gasteiger partial charge < -0.3 is 14.2 Å². The van der Waals surface area contributed by atoms with Gasteiger partial charge in [-0.25, -0.2) is 0 Å². The predicted molar refractivity (Wildman–Crippen MR) is 330 cm³/mol. The van der Waals surface area contributed by atoms with Gasteiger partial charge in [0.2, 0.25) is 0 Å². The van der Waals surface area contributed by atoms with Crippen LogP contribution in [-0.2, 0) is 28.6 Å². The monoisotopic (exact) mass is 1060 g/mol. The maximum Gasteiger partial charge on any atom is 0.306 e. The Morgan fingerprint density at radius 1 is 0.263 bits per heavy atom. The second-order valence-electron chi connectivity index (χ2n) is 22.7. The van der Waals surface area contributed by atoms with E-state index in [9.17, 15) is 14.4 Å². The van der Waals surface area contributed by atoms with Crippen LogP contribution >= 0.6 is 0 Å². The fraction of sp³-hybridized carbons (Fsp3) is 0.843. The molecule has 0 aromatic heterocycles. The zero-order valence-corrected chi connectivity index (χ0v) is 51.0. The third-order valence-electron chi connectivity index (χ3n) is 15.0. The smallest absolute Gasteiger partial charge is 0.306 e. The summed E-state index contributed by atoms with van der Waals surface area (Å²) in [5.41, 5.74) is 0. The summed E-state index contributed by atoms with van der Waals surface area (Å²) >= 11 is 0. The minimum Gasteiger partial charge on any atom is -0.462 e. The molecule has 1 atom stereocenters. The Morgan fingerprint density at radius 2 is 0.474 bits per heavy atom. The fourth-order valence-corrected chi connectivity index (χ4v) is 9.94. The van der Waals surface area contributed by atoms with E-state index < -0.39 is 6.10 Å². The predicted octanol–water partition coefficient (Wildman–Crippen LogP) is 22.9. The van der Waals surface area contributed by atoms with Gasteiger partial charge in [0.05, 0.1) is 0 Å². The first-order valence-corrected chi connectivity index (χ1v) is 33.6. The van der Waals surface area contributed by atoms with Gasteiger partial charge in [-0.3, -0.25) is 14.4 Å². The number of carbonyl (C=O) groups is 3. The second kappa shape index (κ2) is 64.9. The van der Waals surface area contributed by atoms with Gasteiger partial charge in [-0.2, -0.15) is 0 Å². The summed E-state index contributed by atoms with van der Waals surface area (Å²) in [4.78, 5) is 38.4. The highest BCUT2D eigenvalue weighted by atomic mass is 16.6. The number of carbonyl (C=O) groups excluding carboxylic acids is 3. The number of unbranched alkanes of at least 4 members (excludes halogenated alkanes) is 43. The van der Waals surface area contributed by atoms with Crippen LogP contribution in [0, 0.1) is 0 Å². The van der Waals surface area contributed by atoms with Crippen LogP contribution in [0.15, 0.2) is 48.6 Å². The minimum atomic E-state index is -0.779. The van der Waals surface area contributed by atoms with Crippen LogP contribution in [0.2, 0.25) is 0 Å². The third kappa shape index (κ3) is 62.2. The lowest BCUT2D eigenvalue weighted by Gasteiger charge is -2.18. The first kappa shape index (κ1) is 73.4. The zero-order chi connectivity index (χ0) is 55.0. The molecule has 0 bridgehead atoms. The molecule has 0 rings (SSSR count). The number of rotatable bonds is 62. The van der Waals surface area contributed by atoms with Crippen molar-refractivity contribution in [2.24, 2.45) is 0 Å². The molecule has 0 fully saturated rings. The molecule has 0 saturated carbocycles. The standard InChI is InChI=1S/C70H128O6/c1-4-7-10-13-16-19-22-25-28-30-32-34-35-37-38-40-42-45-48-51-54-57-60-63-69(72)75-66-67(65-74-68(71)62-59-56-53-50-47-44-27-24-21-18-15-12-9-6-3)76-70(73)64-61-58-55-52-49-46-43-41-39-36-33-31-29-26-23-20-17-14-11-8-5-2/h22,24-25,27,30-33,67H,4-21,23,26,28-29,34-66H2,1-3H3/b25-22-,27-24-,32-30-,33-31-. The Kier molecular flexibility index (Phi) is 62.6. The highest BCUT2D eigenvalue weighted by Crippen LogP contribution is 2.17. The van der Waals surface area contributed by atoms with Gasteiger partial charge in [0.1, 0.15) is 13.2 Å². The van der Waals surface area contributed by atoms with Gasteiger partial charge in [-0.1, -0.05) is 288 Å². The molecule has 0 heterocycles. The average molecular weight is 1070 g/mol. The first-order chi connectivity index (χ1) is 37.5. The number of allylic oxidation sites excluding steroid dienone is 8. The Hall–Kier alpha value is -2.63. The topological polar surface area (TPSA) is 78.9 Å². The van der Waals surface area contributed by atoms with Gasteiger partial charge in [0, 0.05) is 19.3 Å². The van der Waals surface area contributed by atoms with Crippen molar-refractivity contribution in [3.8, 4) is 0 Å².